The first-order chi connectivity index (χ1) is 15.1. The first-order valence-electron chi connectivity index (χ1n) is 10.3. The second-order valence-corrected chi connectivity index (χ2v) is 7.28. The summed E-state index contributed by atoms with van der Waals surface area (Å²) >= 11 is 0. The molecular weight excluding hydrogens is 400 g/mol. The highest BCUT2D eigenvalue weighted by molar-refractivity contribution is 6.08. The van der Waals surface area contributed by atoms with E-state index in [0.29, 0.717) is 37.9 Å². The number of esters is 1. The number of guanidine groups is 1. The van der Waals surface area contributed by atoms with E-state index in [1.165, 1.54) is 6.26 Å². The molecule has 3 heterocycles. The number of nitrogens with one attached hydrogen (secondary N) is 1. The molecule has 4 rings (SSSR count). The van der Waals surface area contributed by atoms with Crippen LogP contribution in [0.5, 0.6) is 0 Å². The van der Waals surface area contributed by atoms with Crippen LogP contribution in [-0.4, -0.2) is 66.3 Å². The van der Waals surface area contributed by atoms with Crippen molar-refractivity contribution in [2.24, 2.45) is 10.9 Å². The van der Waals surface area contributed by atoms with E-state index in [-0.39, 0.29) is 12.5 Å². The van der Waals surface area contributed by atoms with E-state index >= 15 is 0 Å². The van der Waals surface area contributed by atoms with Crippen molar-refractivity contribution in [2.75, 3.05) is 32.8 Å². The van der Waals surface area contributed by atoms with E-state index in [1.54, 1.807) is 24.0 Å². The maximum absolute atomic E-state index is 12.9. The Morgan fingerprint density at radius 3 is 2.52 bits per heavy atom. The lowest BCUT2D eigenvalue weighted by molar-refractivity contribution is -0.153. The SMILES string of the molecule is CCOC(=O)C1C(=O)NC(N2CCN(C(=O)c3ccco3)CC2)=NC1c1ccccc1. The van der Waals surface area contributed by atoms with Gasteiger partial charge < -0.3 is 19.0 Å². The highest BCUT2D eigenvalue weighted by Gasteiger charge is 2.42. The molecule has 2 atom stereocenters. The van der Waals surface area contributed by atoms with Crippen LogP contribution in [0.1, 0.15) is 29.1 Å². The lowest BCUT2D eigenvalue weighted by Crippen LogP contribution is -2.58. The zero-order chi connectivity index (χ0) is 21.8. The van der Waals surface area contributed by atoms with Gasteiger partial charge in [-0.3, -0.25) is 19.7 Å². The summed E-state index contributed by atoms with van der Waals surface area (Å²) in [5.41, 5.74) is 0.763. The molecule has 0 aliphatic carbocycles. The molecule has 9 heteroatoms. The summed E-state index contributed by atoms with van der Waals surface area (Å²) in [5.74, 6) is -1.53. The summed E-state index contributed by atoms with van der Waals surface area (Å²) in [4.78, 5) is 46.2. The maximum Gasteiger partial charge on any atom is 0.321 e. The molecule has 1 aromatic carbocycles. The maximum atomic E-state index is 12.9. The van der Waals surface area contributed by atoms with Crippen molar-refractivity contribution in [2.45, 2.75) is 13.0 Å². The summed E-state index contributed by atoms with van der Waals surface area (Å²) in [7, 11) is 0. The van der Waals surface area contributed by atoms with Gasteiger partial charge in [-0.15, -0.1) is 0 Å². The molecule has 0 bridgehead atoms. The van der Waals surface area contributed by atoms with Gasteiger partial charge in [0.2, 0.25) is 11.9 Å². The van der Waals surface area contributed by atoms with Gasteiger partial charge >= 0.3 is 5.97 Å². The minimum Gasteiger partial charge on any atom is -0.465 e. The lowest BCUT2D eigenvalue weighted by atomic mass is 9.91. The number of hydrogen-bond acceptors (Lipinski definition) is 7. The number of furan rings is 1. The minimum absolute atomic E-state index is 0.163. The van der Waals surface area contributed by atoms with Crippen LogP contribution < -0.4 is 5.32 Å². The quantitative estimate of drug-likeness (QED) is 0.588. The summed E-state index contributed by atoms with van der Waals surface area (Å²) < 4.78 is 10.3. The Kier molecular flexibility index (Phi) is 6.01. The monoisotopic (exact) mass is 424 g/mol. The van der Waals surface area contributed by atoms with Gasteiger partial charge in [-0.1, -0.05) is 30.3 Å². The molecule has 31 heavy (non-hydrogen) atoms. The zero-order valence-electron chi connectivity index (χ0n) is 17.2. The number of amides is 2. The third-order valence-electron chi connectivity index (χ3n) is 5.37. The van der Waals surface area contributed by atoms with Crippen molar-refractivity contribution >= 4 is 23.7 Å². The minimum atomic E-state index is -1.05. The van der Waals surface area contributed by atoms with E-state index in [0.717, 1.165) is 5.56 Å². The molecule has 0 spiro atoms. The van der Waals surface area contributed by atoms with Crippen molar-refractivity contribution in [3.63, 3.8) is 0 Å². The van der Waals surface area contributed by atoms with Crippen molar-refractivity contribution in [3.05, 3.63) is 60.1 Å². The van der Waals surface area contributed by atoms with E-state index in [4.69, 9.17) is 14.1 Å². The number of nitrogens with zero attached hydrogens (tertiary/aromatic N) is 3. The lowest BCUT2D eigenvalue weighted by Gasteiger charge is -2.38. The molecule has 1 aromatic heterocycles. The van der Waals surface area contributed by atoms with Gasteiger partial charge in [0.25, 0.3) is 5.91 Å². The Labute approximate surface area is 179 Å². The molecule has 2 amide bonds. The molecule has 1 fully saturated rings. The molecule has 2 aliphatic heterocycles. The first kappa shape index (κ1) is 20.6. The second kappa shape index (κ2) is 9.03. The number of benzene rings is 1. The molecule has 2 unspecified atom stereocenters. The van der Waals surface area contributed by atoms with Crippen LogP contribution in [0, 0.1) is 5.92 Å². The van der Waals surface area contributed by atoms with E-state index < -0.39 is 23.8 Å². The molecule has 9 nitrogen and oxygen atoms in total. The van der Waals surface area contributed by atoms with Gasteiger partial charge in [0.05, 0.1) is 12.9 Å². The highest BCUT2D eigenvalue weighted by atomic mass is 16.5. The number of ether oxygens (including phenoxy) is 1. The van der Waals surface area contributed by atoms with Crippen LogP contribution in [0.2, 0.25) is 0 Å². The number of piperazine rings is 1. The fourth-order valence-corrected chi connectivity index (χ4v) is 3.79. The van der Waals surface area contributed by atoms with Crippen LogP contribution in [-0.2, 0) is 14.3 Å². The Morgan fingerprint density at radius 2 is 1.87 bits per heavy atom. The molecule has 162 valence electrons. The van der Waals surface area contributed by atoms with Gasteiger partial charge in [0, 0.05) is 26.2 Å². The Hall–Kier alpha value is -3.62. The number of hydrogen-bond donors (Lipinski definition) is 1. The normalized spacial score (nSPS) is 21.3. The Balaban J connectivity index is 1.52. The summed E-state index contributed by atoms with van der Waals surface area (Å²) in [6.07, 6.45) is 1.47. The second-order valence-electron chi connectivity index (χ2n) is 7.28. The molecule has 0 radical (unpaired) electrons. The van der Waals surface area contributed by atoms with Crippen LogP contribution in [0.4, 0.5) is 0 Å². The van der Waals surface area contributed by atoms with Gasteiger partial charge in [-0.25, -0.2) is 4.99 Å². The predicted octanol–water partition coefficient (Wildman–Crippen LogP) is 1.44. The zero-order valence-corrected chi connectivity index (χ0v) is 17.2. The summed E-state index contributed by atoms with van der Waals surface area (Å²) in [6.45, 7) is 3.81. The van der Waals surface area contributed by atoms with E-state index in [1.807, 2.05) is 35.2 Å². The smallest absolute Gasteiger partial charge is 0.321 e. The van der Waals surface area contributed by atoms with E-state index in [9.17, 15) is 14.4 Å². The Bertz CT molecular complexity index is 965. The van der Waals surface area contributed by atoms with Crippen LogP contribution in [0.15, 0.2) is 58.1 Å². The van der Waals surface area contributed by atoms with E-state index in [2.05, 4.69) is 5.32 Å². The van der Waals surface area contributed by atoms with Gasteiger partial charge in [-0.05, 0) is 24.6 Å². The molecular formula is C22H24N4O5. The summed E-state index contributed by atoms with van der Waals surface area (Å²) in [5, 5.41) is 2.76. The topological polar surface area (TPSA) is 104 Å². The predicted molar refractivity (Wildman–Crippen MR) is 111 cm³/mol. The van der Waals surface area contributed by atoms with Crippen molar-refractivity contribution in [1.29, 1.82) is 0 Å². The van der Waals surface area contributed by atoms with Crippen LogP contribution in [0.3, 0.4) is 0 Å². The fourth-order valence-electron chi connectivity index (χ4n) is 3.79. The van der Waals surface area contributed by atoms with Gasteiger partial charge in [0.15, 0.2) is 11.7 Å². The van der Waals surface area contributed by atoms with Crippen LogP contribution in [0.25, 0.3) is 0 Å². The van der Waals surface area contributed by atoms with Crippen molar-refractivity contribution in [3.8, 4) is 0 Å². The number of carbonyl (C=O) groups is 3. The number of aliphatic imine (C=N–C) groups is 1. The number of rotatable bonds is 4. The summed E-state index contributed by atoms with van der Waals surface area (Å²) in [6, 6.07) is 11.9. The molecule has 1 saturated heterocycles. The van der Waals surface area contributed by atoms with Gasteiger partial charge in [-0.2, -0.15) is 0 Å². The van der Waals surface area contributed by atoms with Crippen LogP contribution >= 0.6 is 0 Å². The average molecular weight is 424 g/mol. The fraction of sp³-hybridized carbons (Fsp3) is 0.364. The number of carbonyl (C=O) groups excluding carboxylic acids is 3. The molecule has 0 saturated carbocycles. The molecule has 2 aliphatic rings. The van der Waals surface area contributed by atoms with Gasteiger partial charge in [0.1, 0.15) is 6.04 Å². The Morgan fingerprint density at radius 1 is 1.13 bits per heavy atom. The van der Waals surface area contributed by atoms with Crippen molar-refractivity contribution < 1.29 is 23.5 Å². The highest BCUT2D eigenvalue weighted by Crippen LogP contribution is 2.31. The standard InChI is InChI=1S/C22H24N4O5/c1-2-30-21(29)17-18(15-7-4-3-5-8-15)23-22(24-19(17)27)26-12-10-25(11-13-26)20(28)16-9-6-14-31-16/h3-9,14,17-18H,2,10-13H2,1H3,(H,23,24,27). The first-order valence-corrected chi connectivity index (χ1v) is 10.3. The largest absolute Gasteiger partial charge is 0.465 e. The third-order valence-corrected chi connectivity index (χ3v) is 5.37. The molecule has 1 N–H and O–H groups in total. The average Bonchev–Trinajstić information content (AvgIpc) is 3.34. The van der Waals surface area contributed by atoms with Crippen molar-refractivity contribution in [1.82, 2.24) is 15.1 Å². The third kappa shape index (κ3) is 4.30. The molecule has 2 aromatic rings.